The summed E-state index contributed by atoms with van der Waals surface area (Å²) in [6.45, 7) is 8.15. The molecule has 14 heavy (non-hydrogen) atoms. The fraction of sp³-hybridized carbons (Fsp3) is 1.00. The molecule has 0 spiro atoms. The molecule has 0 aromatic heterocycles. The van der Waals surface area contributed by atoms with Gasteiger partial charge in [-0.2, -0.15) is 0 Å². The molecule has 0 heterocycles. The van der Waals surface area contributed by atoms with E-state index in [0.29, 0.717) is 13.0 Å². The molecule has 0 saturated heterocycles. The first-order valence-electron chi connectivity index (χ1n) is 4.85. The maximum absolute atomic E-state index is 11.4. The van der Waals surface area contributed by atoms with Crippen molar-refractivity contribution in [3.05, 3.63) is 0 Å². The van der Waals surface area contributed by atoms with Crippen molar-refractivity contribution in [2.45, 2.75) is 40.2 Å². The monoisotopic (exact) mass is 222 g/mol. The van der Waals surface area contributed by atoms with Crippen molar-refractivity contribution in [3.8, 4) is 0 Å². The fourth-order valence-electron chi connectivity index (χ4n) is 0.771. The van der Waals surface area contributed by atoms with Gasteiger partial charge in [0.1, 0.15) is 0 Å². The normalized spacial score (nSPS) is 15.5. The Bertz CT molecular complexity index is 252. The van der Waals surface area contributed by atoms with E-state index in [0.717, 1.165) is 0 Å². The van der Waals surface area contributed by atoms with Crippen LogP contribution >= 0.6 is 0 Å². The Labute approximate surface area is 87.3 Å². The van der Waals surface area contributed by atoms with Gasteiger partial charge in [0, 0.05) is 12.6 Å². The first-order valence-corrected chi connectivity index (χ1v) is 6.50. The molecule has 3 N–H and O–H groups in total. The van der Waals surface area contributed by atoms with E-state index in [1.54, 1.807) is 6.92 Å². The lowest BCUT2D eigenvalue weighted by Crippen LogP contribution is -2.37. The van der Waals surface area contributed by atoms with E-state index in [-0.39, 0.29) is 17.2 Å². The topological polar surface area (TPSA) is 72.2 Å². The number of rotatable bonds is 5. The van der Waals surface area contributed by atoms with E-state index in [9.17, 15) is 8.42 Å². The average molecular weight is 222 g/mol. The van der Waals surface area contributed by atoms with Gasteiger partial charge < -0.3 is 5.73 Å². The van der Waals surface area contributed by atoms with E-state index in [1.165, 1.54) is 0 Å². The van der Waals surface area contributed by atoms with Crippen LogP contribution in [0.4, 0.5) is 0 Å². The van der Waals surface area contributed by atoms with Crippen LogP contribution < -0.4 is 10.5 Å². The van der Waals surface area contributed by atoms with Crippen LogP contribution in [0.2, 0.25) is 0 Å². The molecule has 0 rings (SSSR count). The van der Waals surface area contributed by atoms with Crippen molar-refractivity contribution in [1.82, 2.24) is 4.72 Å². The largest absolute Gasteiger partial charge is 0.327 e. The van der Waals surface area contributed by atoms with Gasteiger partial charge in [0.2, 0.25) is 10.0 Å². The van der Waals surface area contributed by atoms with Crippen molar-refractivity contribution in [2.75, 3.05) is 12.3 Å². The minimum absolute atomic E-state index is 0.0447. The quantitative estimate of drug-likeness (QED) is 0.719. The maximum atomic E-state index is 11.4. The summed E-state index contributed by atoms with van der Waals surface area (Å²) >= 11 is 0. The Morgan fingerprint density at radius 1 is 1.36 bits per heavy atom. The molecular weight excluding hydrogens is 200 g/mol. The Kier molecular flexibility index (Phi) is 5.05. The van der Waals surface area contributed by atoms with E-state index in [1.807, 2.05) is 20.8 Å². The second-order valence-corrected chi connectivity index (χ2v) is 6.88. The van der Waals surface area contributed by atoms with Crippen LogP contribution in [0.3, 0.4) is 0 Å². The highest BCUT2D eigenvalue weighted by atomic mass is 32.2. The van der Waals surface area contributed by atoms with Crippen molar-refractivity contribution in [2.24, 2.45) is 11.1 Å². The summed E-state index contributed by atoms with van der Waals surface area (Å²) < 4.78 is 25.3. The standard InChI is InChI=1S/C9H22N2O2S/c1-8(10)7-11-14(12,13)6-5-9(2,3)4/h8,11H,5-7,10H2,1-4H3. The van der Waals surface area contributed by atoms with Gasteiger partial charge in [0.15, 0.2) is 0 Å². The third-order valence-corrected chi connectivity index (χ3v) is 3.09. The number of nitrogens with one attached hydrogen (secondary N) is 1. The molecule has 0 radical (unpaired) electrons. The molecule has 0 aromatic rings. The number of hydrogen-bond acceptors (Lipinski definition) is 3. The Balaban J connectivity index is 3.97. The maximum Gasteiger partial charge on any atom is 0.211 e. The van der Waals surface area contributed by atoms with E-state index in [2.05, 4.69) is 4.72 Å². The van der Waals surface area contributed by atoms with Crippen LogP contribution in [0, 0.1) is 5.41 Å². The van der Waals surface area contributed by atoms with Gasteiger partial charge in [-0.3, -0.25) is 0 Å². The number of nitrogens with two attached hydrogens (primary N) is 1. The van der Waals surface area contributed by atoms with Crippen LogP contribution in [0.25, 0.3) is 0 Å². The molecule has 0 bridgehead atoms. The first kappa shape index (κ1) is 13.9. The molecule has 4 nitrogen and oxygen atoms in total. The van der Waals surface area contributed by atoms with Crippen molar-refractivity contribution >= 4 is 10.0 Å². The molecule has 1 atom stereocenters. The molecule has 0 aromatic carbocycles. The van der Waals surface area contributed by atoms with Gasteiger partial charge in [-0.1, -0.05) is 20.8 Å². The molecule has 0 saturated carbocycles. The lowest BCUT2D eigenvalue weighted by atomic mass is 9.94. The minimum Gasteiger partial charge on any atom is -0.327 e. The second-order valence-electron chi connectivity index (χ2n) is 4.96. The Morgan fingerprint density at radius 2 is 1.86 bits per heavy atom. The van der Waals surface area contributed by atoms with Crippen molar-refractivity contribution < 1.29 is 8.42 Å². The van der Waals surface area contributed by atoms with Crippen LogP contribution in [-0.2, 0) is 10.0 Å². The van der Waals surface area contributed by atoms with Gasteiger partial charge in [0.25, 0.3) is 0 Å². The third kappa shape index (κ3) is 8.47. The van der Waals surface area contributed by atoms with Gasteiger partial charge in [-0.05, 0) is 18.8 Å². The third-order valence-electron chi connectivity index (χ3n) is 1.75. The smallest absolute Gasteiger partial charge is 0.211 e. The molecule has 0 fully saturated rings. The van der Waals surface area contributed by atoms with Crippen LogP contribution in [0.1, 0.15) is 34.1 Å². The second kappa shape index (κ2) is 5.09. The highest BCUT2D eigenvalue weighted by molar-refractivity contribution is 7.89. The lowest BCUT2D eigenvalue weighted by molar-refractivity contribution is 0.396. The number of sulfonamides is 1. The molecule has 0 aliphatic carbocycles. The first-order chi connectivity index (χ1) is 6.12. The molecule has 0 aliphatic rings. The van der Waals surface area contributed by atoms with Gasteiger partial charge in [0.05, 0.1) is 5.75 Å². The average Bonchev–Trinajstić information content (AvgIpc) is 1.97. The molecular formula is C9H22N2O2S. The summed E-state index contributed by atoms with van der Waals surface area (Å²) in [5.74, 6) is 0.170. The summed E-state index contributed by atoms with van der Waals surface area (Å²) in [5.41, 5.74) is 5.50. The van der Waals surface area contributed by atoms with Crippen LogP contribution in [0.15, 0.2) is 0 Å². The Morgan fingerprint density at radius 3 is 2.21 bits per heavy atom. The van der Waals surface area contributed by atoms with Crippen LogP contribution in [-0.4, -0.2) is 26.8 Å². The highest BCUT2D eigenvalue weighted by Gasteiger charge is 2.17. The molecule has 1 unspecified atom stereocenters. The van der Waals surface area contributed by atoms with Crippen molar-refractivity contribution in [3.63, 3.8) is 0 Å². The predicted molar refractivity (Wildman–Crippen MR) is 59.5 cm³/mol. The van der Waals surface area contributed by atoms with Gasteiger partial charge in [-0.25, -0.2) is 13.1 Å². The summed E-state index contributed by atoms with van der Waals surface area (Å²) in [4.78, 5) is 0. The molecule has 0 aliphatic heterocycles. The van der Waals surface area contributed by atoms with Crippen molar-refractivity contribution in [1.29, 1.82) is 0 Å². The minimum atomic E-state index is -3.14. The molecule has 86 valence electrons. The molecule has 0 amide bonds. The summed E-state index contributed by atoms with van der Waals surface area (Å²) in [5, 5.41) is 0. The van der Waals surface area contributed by atoms with Gasteiger partial charge >= 0.3 is 0 Å². The Hall–Kier alpha value is -0.130. The predicted octanol–water partition coefficient (Wildman–Crippen LogP) is 0.689. The van der Waals surface area contributed by atoms with E-state index < -0.39 is 10.0 Å². The zero-order chi connectivity index (χ0) is 11.4. The van der Waals surface area contributed by atoms with E-state index in [4.69, 9.17) is 5.73 Å². The lowest BCUT2D eigenvalue weighted by Gasteiger charge is -2.18. The summed E-state index contributed by atoms with van der Waals surface area (Å²) in [6, 6.07) is -0.139. The SMILES string of the molecule is CC(N)CNS(=O)(=O)CCC(C)(C)C. The zero-order valence-corrected chi connectivity index (χ0v) is 10.3. The highest BCUT2D eigenvalue weighted by Crippen LogP contribution is 2.18. The number of hydrogen-bond donors (Lipinski definition) is 2. The summed E-state index contributed by atoms with van der Waals surface area (Å²) in [6.07, 6.45) is 0.654. The summed E-state index contributed by atoms with van der Waals surface area (Å²) in [7, 11) is -3.14. The van der Waals surface area contributed by atoms with Crippen LogP contribution in [0.5, 0.6) is 0 Å². The molecule has 5 heteroatoms. The van der Waals surface area contributed by atoms with E-state index >= 15 is 0 Å². The van der Waals surface area contributed by atoms with Gasteiger partial charge in [-0.15, -0.1) is 0 Å². The fourth-order valence-corrected chi connectivity index (χ4v) is 2.31. The zero-order valence-electron chi connectivity index (χ0n) is 9.50.